The second kappa shape index (κ2) is 11.5. The van der Waals surface area contributed by atoms with E-state index in [1.54, 1.807) is 30.3 Å². The first kappa shape index (κ1) is 25.0. The van der Waals surface area contributed by atoms with Gasteiger partial charge in [0, 0.05) is 18.7 Å². The minimum atomic E-state index is -0.775. The summed E-state index contributed by atoms with van der Waals surface area (Å²) in [6.45, 7) is 3.77. The summed E-state index contributed by atoms with van der Waals surface area (Å²) in [5.41, 5.74) is 1.23. The topological polar surface area (TPSA) is 105 Å². The van der Waals surface area contributed by atoms with Gasteiger partial charge in [0.25, 0.3) is 17.1 Å². The zero-order valence-electron chi connectivity index (χ0n) is 19.2. The summed E-state index contributed by atoms with van der Waals surface area (Å²) in [6, 6.07) is 15.1. The summed E-state index contributed by atoms with van der Waals surface area (Å²) in [7, 11) is 1.54. The molecule has 0 aromatic heterocycles. The Morgan fingerprint density at radius 1 is 1.06 bits per heavy atom. The highest BCUT2D eigenvalue weighted by Gasteiger charge is 2.35. The lowest BCUT2D eigenvalue weighted by molar-refractivity contribution is -0.125. The molecule has 0 saturated carbocycles. The molecule has 34 heavy (non-hydrogen) atoms. The van der Waals surface area contributed by atoms with E-state index < -0.39 is 6.04 Å². The number of nitrogens with zero attached hydrogens (tertiary/aromatic N) is 1. The van der Waals surface area contributed by atoms with Gasteiger partial charge in [-0.2, -0.15) is 0 Å². The summed E-state index contributed by atoms with van der Waals surface area (Å²) < 4.78 is 5.09. The predicted octanol–water partition coefficient (Wildman–Crippen LogP) is 3.30. The molecule has 1 aliphatic rings. The minimum Gasteiger partial charge on any atom is -0.497 e. The van der Waals surface area contributed by atoms with E-state index >= 15 is 0 Å². The van der Waals surface area contributed by atoms with Crippen molar-refractivity contribution in [2.75, 3.05) is 20.2 Å². The fourth-order valence-corrected chi connectivity index (χ4v) is 4.16. The maximum absolute atomic E-state index is 12.7. The van der Waals surface area contributed by atoms with Gasteiger partial charge in [-0.1, -0.05) is 44.2 Å². The van der Waals surface area contributed by atoms with E-state index in [9.17, 15) is 19.2 Å². The van der Waals surface area contributed by atoms with Crippen LogP contribution in [-0.2, 0) is 9.59 Å². The fourth-order valence-electron chi connectivity index (χ4n) is 3.30. The van der Waals surface area contributed by atoms with Gasteiger partial charge < -0.3 is 15.4 Å². The van der Waals surface area contributed by atoms with Gasteiger partial charge in [0.2, 0.25) is 5.91 Å². The van der Waals surface area contributed by atoms with E-state index in [0.29, 0.717) is 16.2 Å². The normalized spacial score (nSPS) is 15.5. The quantitative estimate of drug-likeness (QED) is 0.533. The largest absolute Gasteiger partial charge is 0.497 e. The molecule has 2 aromatic rings. The van der Waals surface area contributed by atoms with Crippen molar-refractivity contribution in [2.45, 2.75) is 19.9 Å². The summed E-state index contributed by atoms with van der Waals surface area (Å²) in [5, 5.41) is 5.09. The number of nitrogens with one attached hydrogen (secondary N) is 2. The molecule has 0 bridgehead atoms. The molecule has 4 amide bonds. The zero-order chi connectivity index (χ0) is 24.7. The highest BCUT2D eigenvalue weighted by molar-refractivity contribution is 8.18. The van der Waals surface area contributed by atoms with Crippen molar-refractivity contribution in [3.63, 3.8) is 0 Å². The van der Waals surface area contributed by atoms with E-state index in [-0.39, 0.29) is 42.0 Å². The Morgan fingerprint density at radius 2 is 1.74 bits per heavy atom. The first-order valence-corrected chi connectivity index (χ1v) is 11.6. The molecular formula is C25H27N3O5S. The molecule has 1 fully saturated rings. The number of amides is 4. The molecule has 1 atom stereocenters. The Kier molecular flexibility index (Phi) is 8.48. The van der Waals surface area contributed by atoms with Crippen molar-refractivity contribution in [1.82, 2.24) is 15.5 Å². The van der Waals surface area contributed by atoms with Gasteiger partial charge >= 0.3 is 0 Å². The molecule has 1 unspecified atom stereocenters. The van der Waals surface area contributed by atoms with E-state index in [1.165, 1.54) is 7.11 Å². The SMILES string of the molecule is COc1ccc(C(=O)NC(C(=O)NCCN2C(=O)SC(=Cc3ccccc3)C2=O)C(C)C)cc1. The van der Waals surface area contributed by atoms with Gasteiger partial charge in [0.1, 0.15) is 11.8 Å². The maximum Gasteiger partial charge on any atom is 0.293 e. The second-order valence-electron chi connectivity index (χ2n) is 7.96. The van der Waals surface area contributed by atoms with Crippen molar-refractivity contribution < 1.29 is 23.9 Å². The molecule has 2 N–H and O–H groups in total. The minimum absolute atomic E-state index is 0.0414. The van der Waals surface area contributed by atoms with Crippen molar-refractivity contribution in [3.05, 3.63) is 70.6 Å². The summed E-state index contributed by atoms with van der Waals surface area (Å²) in [6.07, 6.45) is 1.67. The highest BCUT2D eigenvalue weighted by atomic mass is 32.2. The van der Waals surface area contributed by atoms with E-state index in [2.05, 4.69) is 10.6 Å². The van der Waals surface area contributed by atoms with Crippen LogP contribution in [0.2, 0.25) is 0 Å². The molecule has 0 radical (unpaired) electrons. The van der Waals surface area contributed by atoms with Gasteiger partial charge in [-0.15, -0.1) is 0 Å². The molecule has 1 aliphatic heterocycles. The third-order valence-corrected chi connectivity index (χ3v) is 6.10. The van der Waals surface area contributed by atoms with Crippen molar-refractivity contribution in [2.24, 2.45) is 5.92 Å². The van der Waals surface area contributed by atoms with Crippen LogP contribution in [0.4, 0.5) is 4.79 Å². The smallest absolute Gasteiger partial charge is 0.293 e. The van der Waals surface area contributed by atoms with Crippen LogP contribution in [0.1, 0.15) is 29.8 Å². The van der Waals surface area contributed by atoms with Gasteiger partial charge in [-0.05, 0) is 53.6 Å². The van der Waals surface area contributed by atoms with Gasteiger partial charge in [0.15, 0.2) is 0 Å². The molecule has 8 nitrogen and oxygen atoms in total. The Balaban J connectivity index is 1.55. The van der Waals surface area contributed by atoms with Crippen LogP contribution in [0.3, 0.4) is 0 Å². The second-order valence-corrected chi connectivity index (χ2v) is 8.95. The number of rotatable bonds is 9. The summed E-state index contributed by atoms with van der Waals surface area (Å²) >= 11 is 0.875. The molecule has 1 saturated heterocycles. The maximum atomic E-state index is 12.7. The third-order valence-electron chi connectivity index (χ3n) is 5.19. The van der Waals surface area contributed by atoms with Crippen LogP contribution < -0.4 is 15.4 Å². The monoisotopic (exact) mass is 481 g/mol. The molecular weight excluding hydrogens is 454 g/mol. The molecule has 2 aromatic carbocycles. The standard InChI is InChI=1S/C25H27N3O5S/c1-16(2)21(27-22(29)18-9-11-19(33-3)12-10-18)23(30)26-13-14-28-24(31)20(34-25(28)32)15-17-7-5-4-6-8-17/h4-12,15-16,21H,13-14H2,1-3H3,(H,26,30)(H,27,29). The number of thioether (sulfide) groups is 1. The van der Waals surface area contributed by atoms with Gasteiger partial charge in [0.05, 0.1) is 12.0 Å². The Labute approximate surface area is 202 Å². The predicted molar refractivity (Wildman–Crippen MR) is 131 cm³/mol. The number of methoxy groups -OCH3 is 1. The van der Waals surface area contributed by atoms with Crippen LogP contribution in [0.15, 0.2) is 59.5 Å². The highest BCUT2D eigenvalue weighted by Crippen LogP contribution is 2.31. The lowest BCUT2D eigenvalue weighted by atomic mass is 10.0. The molecule has 0 spiro atoms. The lowest BCUT2D eigenvalue weighted by Crippen LogP contribution is -2.51. The van der Waals surface area contributed by atoms with Crippen LogP contribution in [0.5, 0.6) is 5.75 Å². The Hall–Kier alpha value is -3.59. The molecule has 178 valence electrons. The Morgan fingerprint density at radius 3 is 2.35 bits per heavy atom. The average molecular weight is 482 g/mol. The van der Waals surface area contributed by atoms with Crippen LogP contribution in [0, 0.1) is 5.92 Å². The first-order chi connectivity index (χ1) is 16.3. The van der Waals surface area contributed by atoms with Gasteiger partial charge in [-0.3, -0.25) is 24.1 Å². The number of carbonyl (C=O) groups is 4. The molecule has 9 heteroatoms. The molecule has 0 aliphatic carbocycles. The first-order valence-electron chi connectivity index (χ1n) is 10.8. The molecule has 3 rings (SSSR count). The average Bonchev–Trinajstić information content (AvgIpc) is 3.10. The number of hydrogen-bond acceptors (Lipinski definition) is 6. The number of ether oxygens (including phenoxy) is 1. The van der Waals surface area contributed by atoms with Crippen molar-refractivity contribution in [1.29, 1.82) is 0 Å². The van der Waals surface area contributed by atoms with Crippen LogP contribution in [-0.4, -0.2) is 54.1 Å². The van der Waals surface area contributed by atoms with Crippen molar-refractivity contribution in [3.8, 4) is 5.75 Å². The molecule has 1 heterocycles. The van der Waals surface area contributed by atoms with E-state index in [0.717, 1.165) is 22.2 Å². The Bertz CT molecular complexity index is 1080. The fraction of sp³-hybridized carbons (Fsp3) is 0.280. The zero-order valence-corrected chi connectivity index (χ0v) is 20.1. The number of carbonyl (C=O) groups excluding carboxylic acids is 4. The lowest BCUT2D eigenvalue weighted by Gasteiger charge is -2.22. The van der Waals surface area contributed by atoms with Crippen molar-refractivity contribution >= 4 is 40.8 Å². The number of hydrogen-bond donors (Lipinski definition) is 2. The third kappa shape index (κ3) is 6.26. The number of imide groups is 1. The summed E-state index contributed by atoms with van der Waals surface area (Å²) in [4.78, 5) is 51.7. The number of benzene rings is 2. The summed E-state index contributed by atoms with van der Waals surface area (Å²) in [5.74, 6) is -0.702. The van der Waals surface area contributed by atoms with E-state index in [1.807, 2.05) is 44.2 Å². The van der Waals surface area contributed by atoms with Crippen LogP contribution >= 0.6 is 11.8 Å². The van der Waals surface area contributed by atoms with E-state index in [4.69, 9.17) is 4.74 Å². The van der Waals surface area contributed by atoms with Gasteiger partial charge in [-0.25, -0.2) is 0 Å². The van der Waals surface area contributed by atoms with Crippen LogP contribution in [0.25, 0.3) is 6.08 Å².